The first-order chi connectivity index (χ1) is 13.2. The molecular weight excluding hydrogens is 370 g/mol. The summed E-state index contributed by atoms with van der Waals surface area (Å²) in [5.41, 5.74) is 16.9. The van der Waals surface area contributed by atoms with E-state index < -0.39 is 35.8 Å². The van der Waals surface area contributed by atoms with Gasteiger partial charge in [0.1, 0.15) is 0 Å². The lowest BCUT2D eigenvalue weighted by Crippen LogP contribution is -2.52. The number of nitrogens with one attached hydrogen (secondary N) is 1. The molecule has 0 unspecified atom stereocenters. The number of unbranched alkanes of at least 4 members (excludes halogenated alkanes) is 1. The summed E-state index contributed by atoms with van der Waals surface area (Å²) in [7, 11) is 0. The summed E-state index contributed by atoms with van der Waals surface area (Å²) < 4.78 is 0. The van der Waals surface area contributed by atoms with Gasteiger partial charge in [-0.05, 0) is 51.7 Å². The summed E-state index contributed by atoms with van der Waals surface area (Å²) in [6, 6.07) is -2.29. The van der Waals surface area contributed by atoms with E-state index in [1.54, 1.807) is 0 Å². The molecule has 0 bridgehead atoms. The number of imide groups is 1. The fraction of sp³-hybridized carbons (Fsp3) is 0.765. The summed E-state index contributed by atoms with van der Waals surface area (Å²) in [4.78, 5) is 47.3. The average molecular weight is 403 g/mol. The molecule has 0 aromatic heterocycles. The Balaban J connectivity index is 4.80. The molecule has 9 N–H and O–H groups in total. The highest BCUT2D eigenvalue weighted by Gasteiger charge is 2.30. The van der Waals surface area contributed by atoms with Gasteiger partial charge in [-0.25, -0.2) is 0 Å². The maximum atomic E-state index is 12.5. The number of hydrogen-bond donors (Lipinski definition) is 6. The van der Waals surface area contributed by atoms with Crippen molar-refractivity contribution in [2.45, 2.75) is 57.0 Å². The lowest BCUT2D eigenvalue weighted by molar-refractivity contribution is -0.147. The quantitative estimate of drug-likeness (QED) is 0.164. The maximum Gasteiger partial charge on any atom is 0.303 e. The molecular formula is C17H33N5O6. The van der Waals surface area contributed by atoms with Gasteiger partial charge < -0.3 is 32.7 Å². The highest BCUT2D eigenvalue weighted by atomic mass is 16.4. The summed E-state index contributed by atoms with van der Waals surface area (Å²) in [5.74, 6) is -3.59. The predicted octanol–water partition coefficient (Wildman–Crippen LogP) is -1.56. The minimum atomic E-state index is -1.14. The van der Waals surface area contributed by atoms with E-state index in [1.807, 2.05) is 0 Å². The van der Waals surface area contributed by atoms with Crippen LogP contribution in [0.5, 0.6) is 0 Å². The number of hydrogen-bond acceptors (Lipinski definition) is 8. The molecule has 2 atom stereocenters. The van der Waals surface area contributed by atoms with Crippen LogP contribution in [0.4, 0.5) is 0 Å². The first-order valence-electron chi connectivity index (χ1n) is 9.41. The van der Waals surface area contributed by atoms with Crippen LogP contribution in [0, 0.1) is 0 Å². The molecule has 28 heavy (non-hydrogen) atoms. The van der Waals surface area contributed by atoms with Crippen molar-refractivity contribution in [3.05, 3.63) is 0 Å². The largest absolute Gasteiger partial charge is 0.481 e. The third-order valence-corrected chi connectivity index (χ3v) is 4.05. The van der Waals surface area contributed by atoms with Crippen LogP contribution in [-0.2, 0) is 19.2 Å². The van der Waals surface area contributed by atoms with Gasteiger partial charge in [0, 0.05) is 19.4 Å². The van der Waals surface area contributed by atoms with Crippen LogP contribution >= 0.6 is 0 Å². The van der Waals surface area contributed by atoms with Gasteiger partial charge in [0.25, 0.3) is 0 Å². The highest BCUT2D eigenvalue weighted by molar-refractivity contribution is 6.00. The van der Waals surface area contributed by atoms with Crippen molar-refractivity contribution in [1.82, 2.24) is 10.2 Å². The second kappa shape index (κ2) is 14.9. The molecule has 0 aromatic carbocycles. The Kier molecular flexibility index (Phi) is 13.8. The zero-order valence-corrected chi connectivity index (χ0v) is 16.1. The Hall–Kier alpha value is -2.08. The Labute approximate surface area is 164 Å². The Morgan fingerprint density at radius 2 is 1.29 bits per heavy atom. The lowest BCUT2D eigenvalue weighted by Gasteiger charge is -2.26. The summed E-state index contributed by atoms with van der Waals surface area (Å²) in [6.45, 7) is 2.13. The van der Waals surface area contributed by atoms with Gasteiger partial charge in [0.15, 0.2) is 0 Å². The topological polar surface area (TPSA) is 202 Å². The van der Waals surface area contributed by atoms with Gasteiger partial charge in [0.2, 0.25) is 11.8 Å². The van der Waals surface area contributed by atoms with Gasteiger partial charge in [-0.1, -0.05) is 0 Å². The molecule has 11 nitrogen and oxygen atoms in total. The van der Waals surface area contributed by atoms with E-state index in [2.05, 4.69) is 5.32 Å². The molecule has 0 aliphatic carbocycles. The van der Waals surface area contributed by atoms with Crippen molar-refractivity contribution >= 4 is 23.8 Å². The molecule has 11 heteroatoms. The van der Waals surface area contributed by atoms with Crippen molar-refractivity contribution in [3.63, 3.8) is 0 Å². The van der Waals surface area contributed by atoms with Crippen LogP contribution in [0.15, 0.2) is 0 Å². The predicted molar refractivity (Wildman–Crippen MR) is 102 cm³/mol. The van der Waals surface area contributed by atoms with Crippen LogP contribution in [0.2, 0.25) is 0 Å². The minimum Gasteiger partial charge on any atom is -0.481 e. The van der Waals surface area contributed by atoms with Crippen LogP contribution < -0.4 is 22.5 Å². The third-order valence-electron chi connectivity index (χ3n) is 4.05. The Morgan fingerprint density at radius 1 is 0.821 bits per heavy atom. The molecule has 0 heterocycles. The van der Waals surface area contributed by atoms with Gasteiger partial charge in [0.05, 0.1) is 12.1 Å². The molecule has 0 fully saturated rings. The summed E-state index contributed by atoms with van der Waals surface area (Å²) in [5, 5.41) is 20.6. The van der Waals surface area contributed by atoms with E-state index >= 15 is 0 Å². The van der Waals surface area contributed by atoms with Crippen molar-refractivity contribution in [2.75, 3.05) is 26.2 Å². The van der Waals surface area contributed by atoms with E-state index in [0.717, 1.165) is 17.9 Å². The van der Waals surface area contributed by atoms with Crippen LogP contribution in [-0.4, -0.2) is 77.1 Å². The normalized spacial score (nSPS) is 13.0. The van der Waals surface area contributed by atoms with Crippen LogP contribution in [0.25, 0.3) is 0 Å². The molecule has 0 rings (SSSR count). The van der Waals surface area contributed by atoms with Gasteiger partial charge >= 0.3 is 11.9 Å². The number of amides is 2. The minimum absolute atomic E-state index is 0.0811. The van der Waals surface area contributed by atoms with Crippen molar-refractivity contribution in [2.24, 2.45) is 17.2 Å². The SMILES string of the molecule is NCCCNCCCCN(C(=O)[C@@H](N)CCC(=O)O)C(=O)[C@@H](N)CCC(=O)O. The van der Waals surface area contributed by atoms with E-state index in [4.69, 9.17) is 27.4 Å². The molecule has 0 saturated carbocycles. The molecule has 0 aliphatic heterocycles. The van der Waals surface area contributed by atoms with Crippen molar-refractivity contribution in [1.29, 1.82) is 0 Å². The van der Waals surface area contributed by atoms with Crippen LogP contribution in [0.1, 0.15) is 44.9 Å². The van der Waals surface area contributed by atoms with Crippen molar-refractivity contribution in [3.8, 4) is 0 Å². The standard InChI is InChI=1S/C17H33N5O6/c18-8-3-10-21-9-1-2-11-22(16(27)12(19)4-6-14(23)24)17(28)13(20)5-7-15(25)26/h12-13,21H,1-11,18-20H2,(H,23,24)(H,25,26)/t12-,13-/m0/s1. The third kappa shape index (κ3) is 11.6. The number of carboxylic acid groups (broad SMARTS) is 2. The van der Waals surface area contributed by atoms with E-state index in [0.29, 0.717) is 25.9 Å². The zero-order chi connectivity index (χ0) is 21.5. The average Bonchev–Trinajstić information content (AvgIpc) is 2.65. The number of nitrogens with two attached hydrogens (primary N) is 3. The molecule has 162 valence electrons. The van der Waals surface area contributed by atoms with E-state index in [1.165, 1.54) is 0 Å². The van der Waals surface area contributed by atoms with Gasteiger partial charge in [-0.15, -0.1) is 0 Å². The number of nitrogens with zero attached hydrogens (tertiary/aromatic N) is 1. The number of rotatable bonds is 16. The Morgan fingerprint density at radius 3 is 1.71 bits per heavy atom. The molecule has 2 amide bonds. The maximum absolute atomic E-state index is 12.5. The summed E-state index contributed by atoms with van der Waals surface area (Å²) >= 11 is 0. The number of carbonyl (C=O) groups excluding carboxylic acids is 2. The molecule has 0 aliphatic rings. The second-order valence-corrected chi connectivity index (χ2v) is 6.51. The molecule has 0 aromatic rings. The molecule has 0 saturated heterocycles. The number of aliphatic carboxylic acids is 2. The van der Waals surface area contributed by atoms with Crippen LogP contribution in [0.3, 0.4) is 0 Å². The molecule has 0 radical (unpaired) electrons. The number of carboxylic acids is 2. The highest BCUT2D eigenvalue weighted by Crippen LogP contribution is 2.08. The lowest BCUT2D eigenvalue weighted by atomic mass is 10.1. The van der Waals surface area contributed by atoms with E-state index in [-0.39, 0.29) is 32.2 Å². The zero-order valence-electron chi connectivity index (χ0n) is 16.1. The first kappa shape index (κ1) is 25.9. The summed E-state index contributed by atoms with van der Waals surface area (Å²) in [6.07, 6.45) is 1.22. The second-order valence-electron chi connectivity index (χ2n) is 6.51. The fourth-order valence-corrected chi connectivity index (χ4v) is 2.41. The van der Waals surface area contributed by atoms with Gasteiger partial charge in [-0.3, -0.25) is 24.1 Å². The van der Waals surface area contributed by atoms with Crippen molar-refractivity contribution < 1.29 is 29.4 Å². The fourth-order valence-electron chi connectivity index (χ4n) is 2.41. The number of carbonyl (C=O) groups is 4. The monoisotopic (exact) mass is 403 g/mol. The first-order valence-corrected chi connectivity index (χ1v) is 9.41. The van der Waals surface area contributed by atoms with E-state index in [9.17, 15) is 19.2 Å². The van der Waals surface area contributed by atoms with Gasteiger partial charge in [-0.2, -0.15) is 0 Å². The molecule has 0 spiro atoms. The Bertz CT molecular complexity index is 480. The smallest absolute Gasteiger partial charge is 0.303 e.